The first-order valence-corrected chi connectivity index (χ1v) is 7.13. The highest BCUT2D eigenvalue weighted by Crippen LogP contribution is 2.35. The Hall–Kier alpha value is -1.55. The molecule has 0 heterocycles. The molecule has 0 saturated heterocycles. The molecule has 0 amide bonds. The van der Waals surface area contributed by atoms with Crippen molar-refractivity contribution in [1.29, 1.82) is 0 Å². The molecule has 3 nitrogen and oxygen atoms in total. The summed E-state index contributed by atoms with van der Waals surface area (Å²) >= 11 is 6.25. The minimum absolute atomic E-state index is 0.203. The Morgan fingerprint density at radius 3 is 2.24 bits per heavy atom. The van der Waals surface area contributed by atoms with Gasteiger partial charge in [-0.15, -0.1) is 0 Å². The van der Waals surface area contributed by atoms with Crippen LogP contribution in [-0.4, -0.2) is 30.5 Å². The van der Waals surface area contributed by atoms with E-state index in [0.29, 0.717) is 11.4 Å². The van der Waals surface area contributed by atoms with Crippen LogP contribution in [0, 0.1) is 0 Å². The van der Waals surface area contributed by atoms with Gasteiger partial charge in [-0.05, 0) is 29.7 Å². The molecule has 2 rings (SSSR count). The molecule has 0 aliphatic carbocycles. The summed E-state index contributed by atoms with van der Waals surface area (Å²) in [5.74, 6) is 0.732. The number of ether oxygens (including phenoxy) is 1. The number of methoxy groups -OCH3 is 1. The average molecular weight is 307 g/mol. The highest BCUT2D eigenvalue weighted by molar-refractivity contribution is 6.31. The van der Waals surface area contributed by atoms with Crippen LogP contribution >= 0.6 is 11.6 Å². The maximum atomic E-state index is 9.92. The number of benzene rings is 2. The molecule has 0 aliphatic heterocycles. The zero-order valence-corrected chi connectivity index (χ0v) is 12.7. The third-order valence-electron chi connectivity index (χ3n) is 3.77. The Morgan fingerprint density at radius 2 is 1.62 bits per heavy atom. The van der Waals surface area contributed by atoms with Gasteiger partial charge in [-0.2, -0.15) is 0 Å². The van der Waals surface area contributed by atoms with E-state index in [1.54, 1.807) is 13.2 Å². The Kier molecular flexibility index (Phi) is 5.23. The summed E-state index contributed by atoms with van der Waals surface area (Å²) in [7, 11) is 1.61. The molecular weight excluding hydrogens is 288 g/mol. The van der Waals surface area contributed by atoms with E-state index in [1.807, 2.05) is 42.5 Å². The van der Waals surface area contributed by atoms with E-state index >= 15 is 0 Å². The summed E-state index contributed by atoms with van der Waals surface area (Å²) in [6.07, 6.45) is 0.438. The van der Waals surface area contributed by atoms with Crippen LogP contribution < -0.4 is 4.74 Å². The molecule has 2 aromatic carbocycles. The van der Waals surface area contributed by atoms with Gasteiger partial charge in [-0.3, -0.25) is 0 Å². The van der Waals surface area contributed by atoms with Crippen molar-refractivity contribution in [2.24, 2.45) is 0 Å². The zero-order valence-electron chi connectivity index (χ0n) is 11.9. The number of halogens is 1. The van der Waals surface area contributed by atoms with Crippen molar-refractivity contribution in [3.63, 3.8) is 0 Å². The third kappa shape index (κ3) is 3.21. The van der Waals surface area contributed by atoms with Crippen molar-refractivity contribution >= 4 is 11.6 Å². The third-order valence-corrected chi connectivity index (χ3v) is 4.10. The van der Waals surface area contributed by atoms with Crippen molar-refractivity contribution in [3.05, 3.63) is 64.7 Å². The van der Waals surface area contributed by atoms with Crippen LogP contribution in [0.3, 0.4) is 0 Å². The van der Waals surface area contributed by atoms with Crippen molar-refractivity contribution in [2.75, 3.05) is 20.3 Å². The second-order valence-corrected chi connectivity index (χ2v) is 5.47. The molecule has 0 aliphatic rings. The van der Waals surface area contributed by atoms with E-state index in [1.165, 1.54) is 0 Å². The van der Waals surface area contributed by atoms with Crippen LogP contribution in [0.2, 0.25) is 5.02 Å². The molecule has 112 valence electrons. The van der Waals surface area contributed by atoms with E-state index in [0.717, 1.165) is 16.9 Å². The Balaban J connectivity index is 2.46. The number of hydrogen-bond donors (Lipinski definition) is 2. The predicted octanol–water partition coefficient (Wildman–Crippen LogP) is 2.81. The van der Waals surface area contributed by atoms with Crippen LogP contribution in [0.15, 0.2) is 48.5 Å². The molecule has 0 fully saturated rings. The van der Waals surface area contributed by atoms with Crippen LogP contribution in [0.25, 0.3) is 0 Å². The molecule has 0 aromatic heterocycles. The fourth-order valence-electron chi connectivity index (χ4n) is 2.53. The highest BCUT2D eigenvalue weighted by atomic mass is 35.5. The summed E-state index contributed by atoms with van der Waals surface area (Å²) in [5.41, 5.74) is 0.818. The summed E-state index contributed by atoms with van der Waals surface area (Å²) < 4.78 is 5.35. The topological polar surface area (TPSA) is 49.7 Å². The molecule has 21 heavy (non-hydrogen) atoms. The molecule has 0 bridgehead atoms. The van der Waals surface area contributed by atoms with Gasteiger partial charge >= 0.3 is 0 Å². The molecule has 0 saturated carbocycles. The maximum absolute atomic E-state index is 9.92. The van der Waals surface area contributed by atoms with Gasteiger partial charge in [0.15, 0.2) is 0 Å². The second kappa shape index (κ2) is 6.94. The minimum Gasteiger partial charge on any atom is -0.496 e. The van der Waals surface area contributed by atoms with Crippen molar-refractivity contribution < 1.29 is 14.9 Å². The van der Waals surface area contributed by atoms with Crippen LogP contribution in [-0.2, 0) is 11.8 Å². The molecule has 4 heteroatoms. The van der Waals surface area contributed by atoms with Gasteiger partial charge in [0, 0.05) is 10.4 Å². The number of para-hydroxylation sites is 1. The SMILES string of the molecule is COc1ccccc1CC(CO)(CO)c1ccccc1Cl. The van der Waals surface area contributed by atoms with Gasteiger partial charge in [0.2, 0.25) is 0 Å². The first-order valence-electron chi connectivity index (χ1n) is 6.75. The van der Waals surface area contributed by atoms with Crippen molar-refractivity contribution in [3.8, 4) is 5.75 Å². The van der Waals surface area contributed by atoms with Crippen molar-refractivity contribution in [1.82, 2.24) is 0 Å². The van der Waals surface area contributed by atoms with Crippen LogP contribution in [0.1, 0.15) is 11.1 Å². The predicted molar refractivity (Wildman–Crippen MR) is 84.0 cm³/mol. The molecule has 0 unspecified atom stereocenters. The lowest BCUT2D eigenvalue weighted by Crippen LogP contribution is -2.37. The van der Waals surface area contributed by atoms with Gasteiger partial charge in [0.1, 0.15) is 5.75 Å². The number of rotatable bonds is 6. The quantitative estimate of drug-likeness (QED) is 0.863. The largest absolute Gasteiger partial charge is 0.496 e. The Morgan fingerprint density at radius 1 is 1.00 bits per heavy atom. The molecule has 0 radical (unpaired) electrons. The monoisotopic (exact) mass is 306 g/mol. The number of aliphatic hydroxyl groups excluding tert-OH is 2. The maximum Gasteiger partial charge on any atom is 0.122 e. The molecule has 0 atom stereocenters. The number of aliphatic hydroxyl groups is 2. The highest BCUT2D eigenvalue weighted by Gasteiger charge is 2.34. The van der Waals surface area contributed by atoms with Crippen LogP contribution in [0.4, 0.5) is 0 Å². The Bertz CT molecular complexity index is 594. The average Bonchev–Trinajstić information content (AvgIpc) is 2.54. The zero-order chi connectivity index (χ0) is 15.3. The Labute approximate surface area is 129 Å². The van der Waals surface area contributed by atoms with Gasteiger partial charge in [-0.1, -0.05) is 48.0 Å². The summed E-state index contributed by atoms with van der Waals surface area (Å²) in [6.45, 7) is -0.406. The van der Waals surface area contributed by atoms with E-state index < -0.39 is 5.41 Å². The standard InChI is InChI=1S/C17H19ClO3/c1-21-16-9-5-2-6-13(16)10-17(11-19,12-20)14-7-3-4-8-15(14)18/h2-9,19-20H,10-12H2,1H3. The normalized spacial score (nSPS) is 11.4. The van der Waals surface area contributed by atoms with E-state index in [2.05, 4.69) is 0 Å². The summed E-state index contributed by atoms with van der Waals surface area (Å²) in [5, 5.41) is 20.4. The van der Waals surface area contributed by atoms with Gasteiger partial charge in [0.05, 0.1) is 20.3 Å². The first kappa shape index (κ1) is 15.8. The van der Waals surface area contributed by atoms with E-state index in [9.17, 15) is 10.2 Å². The lowest BCUT2D eigenvalue weighted by Gasteiger charge is -2.32. The minimum atomic E-state index is -0.840. The number of hydrogen-bond acceptors (Lipinski definition) is 3. The van der Waals surface area contributed by atoms with Crippen LogP contribution in [0.5, 0.6) is 5.75 Å². The first-order chi connectivity index (χ1) is 10.2. The van der Waals surface area contributed by atoms with E-state index in [4.69, 9.17) is 16.3 Å². The molecular formula is C17H19ClO3. The second-order valence-electron chi connectivity index (χ2n) is 5.07. The fraction of sp³-hybridized carbons (Fsp3) is 0.294. The van der Waals surface area contributed by atoms with Crippen molar-refractivity contribution in [2.45, 2.75) is 11.8 Å². The molecule has 2 aromatic rings. The van der Waals surface area contributed by atoms with Gasteiger partial charge in [-0.25, -0.2) is 0 Å². The molecule has 2 N–H and O–H groups in total. The lowest BCUT2D eigenvalue weighted by atomic mass is 9.76. The lowest BCUT2D eigenvalue weighted by molar-refractivity contribution is 0.116. The fourth-order valence-corrected chi connectivity index (χ4v) is 2.87. The van der Waals surface area contributed by atoms with E-state index in [-0.39, 0.29) is 13.2 Å². The summed E-state index contributed by atoms with van der Waals surface area (Å²) in [6, 6.07) is 14.9. The van der Waals surface area contributed by atoms with Gasteiger partial charge < -0.3 is 14.9 Å². The molecule has 0 spiro atoms. The van der Waals surface area contributed by atoms with Gasteiger partial charge in [0.25, 0.3) is 0 Å². The smallest absolute Gasteiger partial charge is 0.122 e. The summed E-state index contributed by atoms with van der Waals surface area (Å²) in [4.78, 5) is 0.